The molecule has 24 heavy (non-hydrogen) atoms. The monoisotopic (exact) mass is 328 g/mol. The van der Waals surface area contributed by atoms with Crippen molar-refractivity contribution in [3.63, 3.8) is 0 Å². The van der Waals surface area contributed by atoms with Crippen LogP contribution in [0.5, 0.6) is 23.0 Å². The van der Waals surface area contributed by atoms with Gasteiger partial charge in [-0.05, 0) is 24.3 Å². The molecule has 0 atom stereocenters. The average molecular weight is 328 g/mol. The molecule has 0 saturated carbocycles. The summed E-state index contributed by atoms with van der Waals surface area (Å²) in [5.41, 5.74) is 1.61. The molecule has 0 aromatic heterocycles. The summed E-state index contributed by atoms with van der Waals surface area (Å²) >= 11 is 0. The lowest BCUT2D eigenvalue weighted by Gasteiger charge is -2.06. The van der Waals surface area contributed by atoms with Crippen molar-refractivity contribution in [1.29, 1.82) is 0 Å². The molecule has 2 rings (SSSR count). The van der Waals surface area contributed by atoms with E-state index < -0.39 is 0 Å². The van der Waals surface area contributed by atoms with Crippen molar-refractivity contribution >= 4 is 12.4 Å². The van der Waals surface area contributed by atoms with Gasteiger partial charge in [0.15, 0.2) is 0 Å². The third-order valence-corrected chi connectivity index (χ3v) is 3.34. The van der Waals surface area contributed by atoms with E-state index in [1.165, 1.54) is 0 Å². The molecule has 6 heteroatoms. The van der Waals surface area contributed by atoms with Crippen molar-refractivity contribution in [3.8, 4) is 23.0 Å². The molecule has 0 aliphatic rings. The Morgan fingerprint density at radius 3 is 1.38 bits per heavy atom. The maximum Gasteiger partial charge on any atom is 0.131 e. The van der Waals surface area contributed by atoms with Crippen molar-refractivity contribution < 1.29 is 18.9 Å². The van der Waals surface area contributed by atoms with Crippen LogP contribution >= 0.6 is 0 Å². The molecule has 2 aromatic rings. The Bertz CT molecular complexity index is 678. The first-order valence-electron chi connectivity index (χ1n) is 7.22. The molecule has 0 aliphatic carbocycles. The third kappa shape index (κ3) is 4.25. The Balaban J connectivity index is 2.15. The fraction of sp³-hybridized carbons (Fsp3) is 0.222. The Hall–Kier alpha value is -3.02. The van der Waals surface area contributed by atoms with E-state index in [0.717, 1.165) is 22.6 Å². The second kappa shape index (κ2) is 8.57. The van der Waals surface area contributed by atoms with Gasteiger partial charge in [-0.15, -0.1) is 0 Å². The minimum atomic E-state index is 0.662. The van der Waals surface area contributed by atoms with Gasteiger partial charge in [-0.25, -0.2) is 0 Å². The number of ether oxygens (including phenoxy) is 4. The van der Waals surface area contributed by atoms with E-state index in [1.54, 1.807) is 53.0 Å². The van der Waals surface area contributed by atoms with Crippen molar-refractivity contribution in [2.75, 3.05) is 28.4 Å². The lowest BCUT2D eigenvalue weighted by Crippen LogP contribution is -1.93. The summed E-state index contributed by atoms with van der Waals surface area (Å²) in [4.78, 5) is 0. The normalized spacial score (nSPS) is 11.0. The van der Waals surface area contributed by atoms with Crippen molar-refractivity contribution in [2.45, 2.75) is 0 Å². The summed E-state index contributed by atoms with van der Waals surface area (Å²) in [6, 6.07) is 10.9. The van der Waals surface area contributed by atoms with Crippen LogP contribution in [0.15, 0.2) is 46.6 Å². The molecule has 6 nitrogen and oxygen atoms in total. The highest BCUT2D eigenvalue weighted by molar-refractivity contribution is 5.86. The Kier molecular flexibility index (Phi) is 6.19. The number of hydrogen-bond donors (Lipinski definition) is 0. The molecule has 0 spiro atoms. The van der Waals surface area contributed by atoms with Gasteiger partial charge >= 0.3 is 0 Å². The van der Waals surface area contributed by atoms with E-state index in [9.17, 15) is 0 Å². The number of rotatable bonds is 7. The van der Waals surface area contributed by atoms with E-state index >= 15 is 0 Å². The second-order valence-corrected chi connectivity index (χ2v) is 4.70. The molecule has 0 radical (unpaired) electrons. The molecule has 0 N–H and O–H groups in total. The largest absolute Gasteiger partial charge is 0.497 e. The molecular formula is C18H20N2O4. The molecule has 0 aliphatic heterocycles. The van der Waals surface area contributed by atoms with Crippen LogP contribution in [0.3, 0.4) is 0 Å². The van der Waals surface area contributed by atoms with Gasteiger partial charge in [0.2, 0.25) is 0 Å². The van der Waals surface area contributed by atoms with Crippen LogP contribution < -0.4 is 18.9 Å². The van der Waals surface area contributed by atoms with Crippen LogP contribution in [0.4, 0.5) is 0 Å². The molecule has 0 amide bonds. The quantitative estimate of drug-likeness (QED) is 0.578. The number of hydrogen-bond acceptors (Lipinski definition) is 6. The van der Waals surface area contributed by atoms with E-state index in [1.807, 2.05) is 24.3 Å². The summed E-state index contributed by atoms with van der Waals surface area (Å²) in [5, 5.41) is 8.11. The van der Waals surface area contributed by atoms with Gasteiger partial charge in [0, 0.05) is 23.3 Å². The fourth-order valence-corrected chi connectivity index (χ4v) is 2.04. The van der Waals surface area contributed by atoms with Gasteiger partial charge in [-0.1, -0.05) is 0 Å². The highest BCUT2D eigenvalue weighted by Crippen LogP contribution is 2.24. The summed E-state index contributed by atoms with van der Waals surface area (Å²) in [5.74, 6) is 2.76. The van der Waals surface area contributed by atoms with Crippen LogP contribution in [0.25, 0.3) is 0 Å². The van der Waals surface area contributed by atoms with Crippen LogP contribution in [-0.4, -0.2) is 40.9 Å². The highest BCUT2D eigenvalue weighted by atomic mass is 16.5. The smallest absolute Gasteiger partial charge is 0.131 e. The van der Waals surface area contributed by atoms with Crippen LogP contribution in [-0.2, 0) is 0 Å². The zero-order chi connectivity index (χ0) is 17.4. The Morgan fingerprint density at radius 2 is 1.04 bits per heavy atom. The van der Waals surface area contributed by atoms with Gasteiger partial charge in [-0.3, -0.25) is 0 Å². The second-order valence-electron chi connectivity index (χ2n) is 4.70. The molecule has 2 aromatic carbocycles. The van der Waals surface area contributed by atoms with Gasteiger partial charge in [0.1, 0.15) is 23.0 Å². The van der Waals surface area contributed by atoms with Crippen LogP contribution in [0, 0.1) is 0 Å². The maximum absolute atomic E-state index is 5.31. The van der Waals surface area contributed by atoms with Crippen LogP contribution in [0.2, 0.25) is 0 Å². The minimum Gasteiger partial charge on any atom is -0.497 e. The summed E-state index contributed by atoms with van der Waals surface area (Å²) < 4.78 is 20.9. The summed E-state index contributed by atoms with van der Waals surface area (Å²) in [6.07, 6.45) is 3.23. The average Bonchev–Trinajstić information content (AvgIpc) is 2.65. The number of nitrogens with zero attached hydrogens (tertiary/aromatic N) is 2. The van der Waals surface area contributed by atoms with Gasteiger partial charge in [0.25, 0.3) is 0 Å². The molecule has 126 valence electrons. The number of benzene rings is 2. The Morgan fingerprint density at radius 1 is 0.625 bits per heavy atom. The first-order valence-corrected chi connectivity index (χ1v) is 7.22. The molecule has 0 heterocycles. The first-order chi connectivity index (χ1) is 11.7. The van der Waals surface area contributed by atoms with Crippen molar-refractivity contribution in [3.05, 3.63) is 47.5 Å². The zero-order valence-electron chi connectivity index (χ0n) is 14.1. The lowest BCUT2D eigenvalue weighted by molar-refractivity contribution is 0.393. The van der Waals surface area contributed by atoms with Gasteiger partial charge < -0.3 is 18.9 Å². The van der Waals surface area contributed by atoms with Gasteiger partial charge in [-0.2, -0.15) is 10.2 Å². The zero-order valence-corrected chi connectivity index (χ0v) is 14.1. The fourth-order valence-electron chi connectivity index (χ4n) is 2.04. The SMILES string of the molecule is COc1ccc(C=NN=Cc2ccc(OC)cc2OC)c(OC)c1. The summed E-state index contributed by atoms with van der Waals surface area (Å²) in [7, 11) is 6.40. The van der Waals surface area contributed by atoms with Crippen molar-refractivity contribution in [2.24, 2.45) is 10.2 Å². The van der Waals surface area contributed by atoms with E-state index in [0.29, 0.717) is 11.5 Å². The topological polar surface area (TPSA) is 61.6 Å². The highest BCUT2D eigenvalue weighted by Gasteiger charge is 2.03. The molecule has 0 saturated heterocycles. The maximum atomic E-state index is 5.31. The minimum absolute atomic E-state index is 0.662. The predicted molar refractivity (Wildman–Crippen MR) is 94.3 cm³/mol. The first kappa shape index (κ1) is 17.3. The van der Waals surface area contributed by atoms with Crippen LogP contribution in [0.1, 0.15) is 11.1 Å². The molecule has 0 fully saturated rings. The molecule has 0 bridgehead atoms. The summed E-state index contributed by atoms with van der Waals surface area (Å²) in [6.45, 7) is 0. The Labute approximate surface area is 141 Å². The molecule has 0 unspecified atom stereocenters. The van der Waals surface area contributed by atoms with E-state index in [4.69, 9.17) is 18.9 Å². The van der Waals surface area contributed by atoms with E-state index in [-0.39, 0.29) is 0 Å². The number of methoxy groups -OCH3 is 4. The standard InChI is InChI=1S/C18H20N2O4/c1-21-15-7-5-13(17(9-15)23-3)11-19-20-12-14-6-8-16(22-2)10-18(14)24-4/h5-12H,1-4H3. The molecular weight excluding hydrogens is 308 g/mol. The van der Waals surface area contributed by atoms with E-state index in [2.05, 4.69) is 10.2 Å². The van der Waals surface area contributed by atoms with Crippen molar-refractivity contribution in [1.82, 2.24) is 0 Å². The third-order valence-electron chi connectivity index (χ3n) is 3.34. The lowest BCUT2D eigenvalue weighted by atomic mass is 10.2. The predicted octanol–water partition coefficient (Wildman–Crippen LogP) is 3.17. The van der Waals surface area contributed by atoms with Gasteiger partial charge in [0.05, 0.1) is 40.9 Å².